The molecule has 2 aromatic rings. The molecule has 39 heavy (non-hydrogen) atoms. The lowest BCUT2D eigenvalue weighted by atomic mass is 9.75. The van der Waals surface area contributed by atoms with Crippen LogP contribution in [0.4, 0.5) is 11.8 Å². The molecule has 212 valence electrons. The van der Waals surface area contributed by atoms with Gasteiger partial charge < -0.3 is 20.4 Å². The molecule has 4 unspecified atom stereocenters. The van der Waals surface area contributed by atoms with Crippen LogP contribution in [0.15, 0.2) is 24.4 Å². The van der Waals surface area contributed by atoms with E-state index in [0.29, 0.717) is 53.0 Å². The molecular weight excluding hydrogens is 563 g/mol. The lowest BCUT2D eigenvalue weighted by Crippen LogP contribution is -2.60. The van der Waals surface area contributed by atoms with Crippen molar-refractivity contribution in [3.63, 3.8) is 0 Å². The molecule has 3 fully saturated rings. The minimum absolute atomic E-state index is 0.0629. The van der Waals surface area contributed by atoms with Gasteiger partial charge in [-0.25, -0.2) is 4.98 Å². The average molecular weight is 598 g/mol. The minimum Gasteiger partial charge on any atom is -0.480 e. The minimum atomic E-state index is -0.760. The number of aliphatic carboxylic acids is 1. The van der Waals surface area contributed by atoms with E-state index >= 15 is 0 Å². The van der Waals surface area contributed by atoms with E-state index in [9.17, 15) is 15.0 Å². The molecule has 0 bridgehead atoms. The number of aliphatic hydroxyl groups excluding tert-OH is 1. The lowest BCUT2D eigenvalue weighted by Gasteiger charge is -2.49. The maximum atomic E-state index is 12.4. The summed E-state index contributed by atoms with van der Waals surface area (Å²) in [5.41, 5.74) is 0.877. The Morgan fingerprint density at radius 2 is 1.82 bits per heavy atom. The first-order valence-electron chi connectivity index (χ1n) is 13.6. The van der Waals surface area contributed by atoms with Crippen LogP contribution < -0.4 is 10.2 Å². The van der Waals surface area contributed by atoms with Crippen LogP contribution in [0.2, 0.25) is 15.1 Å². The van der Waals surface area contributed by atoms with E-state index < -0.39 is 18.2 Å². The van der Waals surface area contributed by atoms with Gasteiger partial charge in [-0.2, -0.15) is 4.98 Å². The van der Waals surface area contributed by atoms with Gasteiger partial charge in [0.2, 0.25) is 5.95 Å². The number of likely N-dealkylation sites (tertiary alicyclic amines) is 2. The monoisotopic (exact) mass is 596 g/mol. The van der Waals surface area contributed by atoms with Crippen molar-refractivity contribution in [2.45, 2.75) is 50.9 Å². The van der Waals surface area contributed by atoms with E-state index in [1.807, 2.05) is 13.0 Å². The zero-order valence-electron chi connectivity index (χ0n) is 21.9. The van der Waals surface area contributed by atoms with Crippen molar-refractivity contribution >= 4 is 52.5 Å². The summed E-state index contributed by atoms with van der Waals surface area (Å²) in [4.78, 5) is 27.8. The van der Waals surface area contributed by atoms with Gasteiger partial charge in [0.15, 0.2) is 5.82 Å². The number of nitrogens with one attached hydrogen (secondary N) is 1. The Labute approximate surface area is 244 Å². The number of carboxylic acid groups (broad SMARTS) is 1. The third-order valence-electron chi connectivity index (χ3n) is 8.35. The van der Waals surface area contributed by atoms with Crippen molar-refractivity contribution in [3.05, 3.63) is 45.0 Å². The fourth-order valence-corrected chi connectivity index (χ4v) is 6.92. The predicted molar refractivity (Wildman–Crippen MR) is 154 cm³/mol. The highest BCUT2D eigenvalue weighted by atomic mass is 35.5. The van der Waals surface area contributed by atoms with E-state index in [1.165, 1.54) is 0 Å². The van der Waals surface area contributed by atoms with Crippen molar-refractivity contribution in [2.24, 2.45) is 11.8 Å². The molecule has 3 N–H and O–H groups in total. The smallest absolute Gasteiger partial charge is 0.321 e. The molecular formula is C27H35Cl3N6O3. The second-order valence-corrected chi connectivity index (χ2v) is 12.1. The van der Waals surface area contributed by atoms with Gasteiger partial charge in [0.1, 0.15) is 17.3 Å². The van der Waals surface area contributed by atoms with Gasteiger partial charge >= 0.3 is 5.97 Å². The molecule has 0 saturated carbocycles. The van der Waals surface area contributed by atoms with Gasteiger partial charge in [-0.15, -0.1) is 0 Å². The topological polar surface area (TPSA) is 105 Å². The number of hydrogen-bond donors (Lipinski definition) is 3. The van der Waals surface area contributed by atoms with Gasteiger partial charge in [-0.3, -0.25) is 14.6 Å². The van der Waals surface area contributed by atoms with E-state index in [4.69, 9.17) is 34.8 Å². The van der Waals surface area contributed by atoms with Gasteiger partial charge in [0, 0.05) is 42.8 Å². The highest BCUT2D eigenvalue weighted by Crippen LogP contribution is 2.38. The Morgan fingerprint density at radius 3 is 2.51 bits per heavy atom. The second kappa shape index (κ2) is 12.3. The molecule has 1 aromatic carbocycles. The maximum absolute atomic E-state index is 12.4. The maximum Gasteiger partial charge on any atom is 0.321 e. The lowest BCUT2D eigenvalue weighted by molar-refractivity contribution is -0.149. The Morgan fingerprint density at radius 1 is 1.10 bits per heavy atom. The summed E-state index contributed by atoms with van der Waals surface area (Å²) in [5, 5.41) is 25.2. The SMILES string of the molecule is CC(Nc1nc(N2CC(C3CCCN(CCN4CCCC4O)C3C(=O)O)C2)ncc1Cl)c1ccc(Cl)cc1Cl. The molecule has 0 aliphatic carbocycles. The normalized spacial score (nSPS) is 25.5. The first-order valence-corrected chi connectivity index (χ1v) is 14.7. The molecule has 12 heteroatoms. The number of benzene rings is 1. The van der Waals surface area contributed by atoms with Crippen LogP contribution in [0.5, 0.6) is 0 Å². The number of halogens is 3. The molecule has 3 saturated heterocycles. The first-order chi connectivity index (χ1) is 18.7. The van der Waals surface area contributed by atoms with Gasteiger partial charge in [-0.05, 0) is 68.7 Å². The van der Waals surface area contributed by atoms with Crippen molar-refractivity contribution in [3.8, 4) is 0 Å². The molecule has 9 nitrogen and oxygen atoms in total. The van der Waals surface area contributed by atoms with Crippen LogP contribution in [0.25, 0.3) is 0 Å². The summed E-state index contributed by atoms with van der Waals surface area (Å²) >= 11 is 18.8. The van der Waals surface area contributed by atoms with Crippen molar-refractivity contribution < 1.29 is 15.0 Å². The zero-order valence-corrected chi connectivity index (χ0v) is 24.2. The number of aliphatic hydroxyl groups is 1. The van der Waals surface area contributed by atoms with Crippen molar-refractivity contribution in [2.75, 3.05) is 49.5 Å². The molecule has 0 radical (unpaired) electrons. The van der Waals surface area contributed by atoms with Crippen molar-refractivity contribution in [1.82, 2.24) is 19.8 Å². The average Bonchev–Trinajstić information content (AvgIpc) is 3.28. The number of carbonyl (C=O) groups is 1. The molecule has 3 aliphatic heterocycles. The van der Waals surface area contributed by atoms with Gasteiger partial charge in [0.05, 0.1) is 12.2 Å². The van der Waals surface area contributed by atoms with Crippen LogP contribution in [0.1, 0.15) is 44.2 Å². The highest BCUT2D eigenvalue weighted by Gasteiger charge is 2.45. The van der Waals surface area contributed by atoms with Crippen LogP contribution in [-0.4, -0.2) is 87.5 Å². The Bertz CT molecular complexity index is 1180. The van der Waals surface area contributed by atoms with Gasteiger partial charge in [-0.1, -0.05) is 40.9 Å². The Kier molecular flexibility index (Phi) is 9.05. The van der Waals surface area contributed by atoms with Crippen LogP contribution >= 0.6 is 34.8 Å². The molecule has 1 aromatic heterocycles. The van der Waals surface area contributed by atoms with E-state index in [2.05, 4.69) is 30.0 Å². The number of hydrogen-bond acceptors (Lipinski definition) is 8. The Balaban J connectivity index is 1.21. The van der Waals surface area contributed by atoms with E-state index in [0.717, 1.165) is 44.3 Å². The fraction of sp³-hybridized carbons (Fsp3) is 0.593. The number of rotatable bonds is 9. The quantitative estimate of drug-likeness (QED) is 0.382. The summed E-state index contributed by atoms with van der Waals surface area (Å²) < 4.78 is 0. The molecule has 3 aliphatic rings. The summed E-state index contributed by atoms with van der Waals surface area (Å²) in [6, 6.07) is 4.69. The first kappa shape index (κ1) is 28.6. The molecule has 4 atom stereocenters. The van der Waals surface area contributed by atoms with E-state index in [-0.39, 0.29) is 17.9 Å². The summed E-state index contributed by atoms with van der Waals surface area (Å²) in [6.45, 7) is 6.38. The Hall–Kier alpha value is -1.88. The third-order valence-corrected chi connectivity index (χ3v) is 9.19. The largest absolute Gasteiger partial charge is 0.480 e. The fourth-order valence-electron chi connectivity index (χ4n) is 6.20. The molecule has 4 heterocycles. The number of nitrogens with zero attached hydrogens (tertiary/aromatic N) is 5. The second-order valence-electron chi connectivity index (χ2n) is 10.8. The summed E-state index contributed by atoms with van der Waals surface area (Å²) in [5.74, 6) is 0.626. The third kappa shape index (κ3) is 6.39. The predicted octanol–water partition coefficient (Wildman–Crippen LogP) is 4.63. The summed E-state index contributed by atoms with van der Waals surface area (Å²) in [7, 11) is 0. The summed E-state index contributed by atoms with van der Waals surface area (Å²) in [6.07, 6.45) is 4.84. The van der Waals surface area contributed by atoms with E-state index in [1.54, 1.807) is 18.3 Å². The molecule has 0 amide bonds. The highest BCUT2D eigenvalue weighted by molar-refractivity contribution is 6.35. The van der Waals surface area contributed by atoms with Crippen LogP contribution in [0, 0.1) is 11.8 Å². The van der Waals surface area contributed by atoms with Crippen LogP contribution in [0.3, 0.4) is 0 Å². The zero-order chi connectivity index (χ0) is 27.7. The van der Waals surface area contributed by atoms with Gasteiger partial charge in [0.25, 0.3) is 0 Å². The van der Waals surface area contributed by atoms with Crippen molar-refractivity contribution in [1.29, 1.82) is 0 Å². The number of aromatic nitrogens is 2. The number of carboxylic acids is 1. The molecule has 0 spiro atoms. The molecule has 5 rings (SSSR count). The number of piperidine rings is 1. The number of anilines is 2. The standard InChI is InChI=1S/C27H35Cl3N6O3/c1-16(19-7-6-18(28)12-21(19)29)32-25-22(30)13-31-27(33-25)36-14-17(15-36)20-4-2-9-35(24(20)26(38)39)11-10-34-8-3-5-23(34)37/h6-7,12-13,16-17,20,23-24,37H,2-5,8-11,14-15H2,1H3,(H,38,39)(H,31,32,33). The van der Waals surface area contributed by atoms with Crippen LogP contribution in [-0.2, 0) is 4.79 Å².